The number of aryl methyl sites for hydroxylation is 1. The van der Waals surface area contributed by atoms with Crippen molar-refractivity contribution in [2.24, 2.45) is 18.7 Å². The highest BCUT2D eigenvalue weighted by Gasteiger charge is 2.67. The van der Waals surface area contributed by atoms with E-state index in [4.69, 9.17) is 22.1 Å². The molecule has 8 rings (SSSR count). The standard InChI is InChI=1S/C36H28ClF7N8O5S/c1-50-29-23(5-4-20(37)25(29)33(48-50)49-58(3,55)56)51-34(46-22-11-16(57-2)10-21(40)26(22)35(51)54)18(8-13-6-14(38)9-15(39)7-13)28(32(45)53)52-30-24(27(47-52)31(41)42)17-12-19(17)36(30,43)44/h4-7,9-11,17-19,28,31H,8,12H2,1-3H3,(H2,45,53)(H,48,49)/t17-,18-,19+,28?/m0/s1. The van der Waals surface area contributed by atoms with Crippen molar-refractivity contribution in [3.63, 3.8) is 0 Å². The van der Waals surface area contributed by atoms with Gasteiger partial charge in [-0.3, -0.25) is 23.6 Å². The van der Waals surface area contributed by atoms with E-state index in [-0.39, 0.29) is 45.2 Å². The van der Waals surface area contributed by atoms with Crippen molar-refractivity contribution in [2.75, 3.05) is 18.1 Å². The Bertz CT molecular complexity index is 2900. The van der Waals surface area contributed by atoms with Crippen molar-refractivity contribution in [2.45, 2.75) is 43.1 Å². The van der Waals surface area contributed by atoms with Crippen LogP contribution in [0.4, 0.5) is 36.6 Å². The lowest BCUT2D eigenvalue weighted by Gasteiger charge is -2.30. The first-order valence-corrected chi connectivity index (χ1v) is 19.4. The van der Waals surface area contributed by atoms with Gasteiger partial charge in [-0.1, -0.05) is 11.6 Å². The summed E-state index contributed by atoms with van der Waals surface area (Å²) >= 11 is 6.55. The molecular weight excluding hydrogens is 825 g/mol. The zero-order valence-corrected chi connectivity index (χ0v) is 31.6. The molecular formula is C36H28ClF7N8O5S. The number of rotatable bonds is 11. The van der Waals surface area contributed by atoms with Gasteiger partial charge in [-0.25, -0.2) is 40.0 Å². The van der Waals surface area contributed by atoms with Crippen molar-refractivity contribution in [1.29, 1.82) is 0 Å². The molecule has 0 spiro atoms. The van der Waals surface area contributed by atoms with Crippen LogP contribution in [0, 0.1) is 23.4 Å². The topological polar surface area (TPSA) is 169 Å². The van der Waals surface area contributed by atoms with Gasteiger partial charge >= 0.3 is 0 Å². The van der Waals surface area contributed by atoms with Crippen LogP contribution in [-0.2, 0) is 34.2 Å². The number of benzene rings is 3. The first-order valence-electron chi connectivity index (χ1n) is 17.2. The highest BCUT2D eigenvalue weighted by molar-refractivity contribution is 7.92. The van der Waals surface area contributed by atoms with Crippen molar-refractivity contribution < 1.29 is 48.7 Å². The number of aromatic nitrogens is 6. The lowest BCUT2D eigenvalue weighted by Crippen LogP contribution is -2.39. The summed E-state index contributed by atoms with van der Waals surface area (Å²) < 4.78 is 141. The van der Waals surface area contributed by atoms with Crippen LogP contribution in [0.15, 0.2) is 47.3 Å². The Kier molecular flexibility index (Phi) is 9.06. The van der Waals surface area contributed by atoms with E-state index >= 15 is 13.2 Å². The molecule has 4 atom stereocenters. The van der Waals surface area contributed by atoms with Crippen molar-refractivity contribution in [3.8, 4) is 11.4 Å². The van der Waals surface area contributed by atoms with Gasteiger partial charge in [0.25, 0.3) is 17.9 Å². The third-order valence-electron chi connectivity index (χ3n) is 10.4. The van der Waals surface area contributed by atoms with Crippen LogP contribution >= 0.6 is 11.6 Å². The number of nitrogens with one attached hydrogen (secondary N) is 1. The second-order valence-corrected chi connectivity index (χ2v) is 16.3. The Morgan fingerprint density at radius 1 is 1.09 bits per heavy atom. The number of carbonyl (C=O) groups is 1. The SMILES string of the molecule is COc1cc(F)c2c(=O)n(-c3ccc(Cl)c4c(NS(C)(=O)=O)nn(C)c34)c([C@@H](Cc3cc(F)cc(F)c3)C(C(N)=O)n3nc(C(F)F)c4c3C(F)(F)[C@@H]3C[C@H]43)nc2c1. The molecule has 3 heterocycles. The molecule has 1 saturated carbocycles. The Morgan fingerprint density at radius 2 is 1.78 bits per heavy atom. The van der Waals surface area contributed by atoms with E-state index in [1.54, 1.807) is 0 Å². The highest BCUT2D eigenvalue weighted by Crippen LogP contribution is 2.68. The van der Waals surface area contributed by atoms with Gasteiger partial charge in [-0.15, -0.1) is 0 Å². The van der Waals surface area contributed by atoms with E-state index in [0.717, 1.165) is 39.8 Å². The quantitative estimate of drug-likeness (QED) is 0.147. The first-order chi connectivity index (χ1) is 27.2. The Hall–Kier alpha value is -5.70. The number of sulfonamides is 1. The lowest BCUT2D eigenvalue weighted by atomic mass is 9.89. The molecule has 0 aliphatic heterocycles. The predicted molar refractivity (Wildman–Crippen MR) is 195 cm³/mol. The average Bonchev–Trinajstić information content (AvgIpc) is 3.64. The first kappa shape index (κ1) is 39.1. The summed E-state index contributed by atoms with van der Waals surface area (Å²) in [6, 6.07) is 4.44. The monoisotopic (exact) mass is 852 g/mol. The summed E-state index contributed by atoms with van der Waals surface area (Å²) in [6.45, 7) is 0. The molecule has 3 N–H and O–H groups in total. The Labute approximate surface area is 327 Å². The molecule has 3 aromatic heterocycles. The zero-order chi connectivity index (χ0) is 41.9. The van der Waals surface area contributed by atoms with Crippen molar-refractivity contribution in [1.82, 2.24) is 29.1 Å². The zero-order valence-electron chi connectivity index (χ0n) is 30.1. The van der Waals surface area contributed by atoms with Gasteiger partial charge in [0.15, 0.2) is 5.82 Å². The molecule has 0 radical (unpaired) electrons. The summed E-state index contributed by atoms with van der Waals surface area (Å²) in [5.74, 6) is -13.9. The number of hydrogen-bond donors (Lipinski definition) is 2. The number of halogens is 8. The van der Waals surface area contributed by atoms with Gasteiger partial charge in [0, 0.05) is 36.7 Å². The number of nitrogens with two attached hydrogens (primary N) is 1. The fraction of sp³-hybridized carbons (Fsp3) is 0.306. The van der Waals surface area contributed by atoms with E-state index in [2.05, 4.69) is 19.9 Å². The molecule has 3 aromatic carbocycles. The van der Waals surface area contributed by atoms with E-state index in [9.17, 15) is 35.6 Å². The maximum absolute atomic E-state index is 16.1. The Balaban J connectivity index is 1.51. The number of carbonyl (C=O) groups excluding carboxylic acids is 1. The average molecular weight is 853 g/mol. The van der Waals surface area contributed by atoms with Crippen LogP contribution in [-0.4, -0.2) is 56.8 Å². The summed E-state index contributed by atoms with van der Waals surface area (Å²) in [5, 5.41) is 7.20. The maximum Gasteiger partial charge on any atom is 0.293 e. The lowest BCUT2D eigenvalue weighted by molar-refractivity contribution is -0.122. The van der Waals surface area contributed by atoms with Crippen molar-refractivity contribution >= 4 is 55.2 Å². The second-order valence-electron chi connectivity index (χ2n) is 14.2. The van der Waals surface area contributed by atoms with Gasteiger partial charge in [-0.05, 0) is 48.6 Å². The smallest absolute Gasteiger partial charge is 0.293 e. The van der Waals surface area contributed by atoms with Gasteiger partial charge < -0.3 is 10.5 Å². The number of methoxy groups -OCH3 is 1. The van der Waals surface area contributed by atoms with Crippen LogP contribution in [0.5, 0.6) is 5.75 Å². The number of amides is 1. The highest BCUT2D eigenvalue weighted by atomic mass is 35.5. The third kappa shape index (κ3) is 6.21. The largest absolute Gasteiger partial charge is 0.497 e. The second kappa shape index (κ2) is 13.4. The van der Waals surface area contributed by atoms with Gasteiger partial charge in [-0.2, -0.15) is 19.0 Å². The summed E-state index contributed by atoms with van der Waals surface area (Å²) in [5.41, 5.74) is 1.26. The Morgan fingerprint density at radius 3 is 2.40 bits per heavy atom. The molecule has 58 heavy (non-hydrogen) atoms. The minimum absolute atomic E-state index is 0.0826. The molecule has 22 heteroatoms. The minimum Gasteiger partial charge on any atom is -0.497 e. The molecule has 2 aliphatic carbocycles. The molecule has 6 aromatic rings. The van der Waals surface area contributed by atoms with E-state index in [0.29, 0.717) is 10.7 Å². The number of hydrogen-bond acceptors (Lipinski definition) is 8. The molecule has 1 fully saturated rings. The van der Waals surface area contributed by atoms with Crippen LogP contribution < -0.4 is 20.8 Å². The predicted octanol–water partition coefficient (Wildman–Crippen LogP) is 6.12. The van der Waals surface area contributed by atoms with Gasteiger partial charge in [0.05, 0.1) is 46.4 Å². The molecule has 1 unspecified atom stereocenters. The van der Waals surface area contributed by atoms with Crippen LogP contribution in [0.25, 0.3) is 27.5 Å². The molecule has 13 nitrogen and oxygen atoms in total. The third-order valence-corrected chi connectivity index (χ3v) is 11.2. The number of anilines is 1. The fourth-order valence-electron chi connectivity index (χ4n) is 8.07. The van der Waals surface area contributed by atoms with E-state index in [1.807, 2.05) is 0 Å². The van der Waals surface area contributed by atoms with Gasteiger partial charge in [0.2, 0.25) is 15.9 Å². The number of alkyl halides is 4. The molecule has 304 valence electrons. The summed E-state index contributed by atoms with van der Waals surface area (Å²) in [6.07, 6.45) is -3.43. The number of fused-ring (bicyclic) bond motifs is 5. The molecule has 0 bridgehead atoms. The van der Waals surface area contributed by atoms with Crippen LogP contribution in [0.2, 0.25) is 5.02 Å². The molecule has 0 saturated heterocycles. The molecule has 1 amide bonds. The number of nitrogens with zero attached hydrogens (tertiary/aromatic N) is 6. The van der Waals surface area contributed by atoms with Crippen LogP contribution in [0.3, 0.4) is 0 Å². The van der Waals surface area contributed by atoms with Crippen molar-refractivity contribution in [3.05, 3.63) is 104 Å². The normalized spacial score (nSPS) is 18.1. The number of primary amides is 1. The number of ether oxygens (including phenoxy) is 1. The molecule has 2 aliphatic rings. The van der Waals surface area contributed by atoms with E-state index in [1.165, 1.54) is 26.3 Å². The fourth-order valence-corrected chi connectivity index (χ4v) is 8.81. The summed E-state index contributed by atoms with van der Waals surface area (Å²) in [4.78, 5) is 33.2. The van der Waals surface area contributed by atoms with E-state index < -0.39 is 115 Å². The minimum atomic E-state index is -4.00. The van der Waals surface area contributed by atoms with Gasteiger partial charge in [0.1, 0.15) is 51.8 Å². The maximum atomic E-state index is 16.1. The van der Waals surface area contributed by atoms with Crippen LogP contribution in [0.1, 0.15) is 59.1 Å². The summed E-state index contributed by atoms with van der Waals surface area (Å²) in [7, 11) is -1.47.